The maximum absolute atomic E-state index is 11.2. The van der Waals surface area contributed by atoms with Crippen molar-refractivity contribution >= 4 is 5.69 Å². The standard InChI is InChI=1S/C18H25NO13/c20-5-9-11(22)12(23)14(25)18(30-9)32-16-10(6-21)31-17(15(26)13(16)24)29-8-4-2-1-3-7(8)19(27)28/h1-4,9-18,20-26H,5-6H2/t9-,10-,11-,12+,13-,14-,15-,16-,17-,18+/m1/s1. The van der Waals surface area contributed by atoms with Crippen molar-refractivity contribution in [2.24, 2.45) is 0 Å². The van der Waals surface area contributed by atoms with Crippen molar-refractivity contribution < 1.29 is 59.6 Å². The molecule has 14 nitrogen and oxygen atoms in total. The van der Waals surface area contributed by atoms with Crippen molar-refractivity contribution in [1.29, 1.82) is 0 Å². The molecule has 2 saturated heterocycles. The van der Waals surface area contributed by atoms with E-state index in [1.54, 1.807) is 0 Å². The van der Waals surface area contributed by atoms with Crippen LogP contribution in [0.3, 0.4) is 0 Å². The summed E-state index contributed by atoms with van der Waals surface area (Å²) in [5, 5.41) is 80.9. The van der Waals surface area contributed by atoms with Crippen molar-refractivity contribution in [3.8, 4) is 5.75 Å². The first kappa shape index (κ1) is 24.7. The molecule has 1 aromatic rings. The van der Waals surface area contributed by atoms with Crippen molar-refractivity contribution in [1.82, 2.24) is 0 Å². The molecule has 2 aliphatic heterocycles. The van der Waals surface area contributed by atoms with Gasteiger partial charge in [-0.1, -0.05) is 12.1 Å². The Morgan fingerprint density at radius 2 is 1.44 bits per heavy atom. The molecule has 3 rings (SSSR count). The number of hydrogen-bond acceptors (Lipinski definition) is 13. The minimum Gasteiger partial charge on any atom is -0.455 e. The highest BCUT2D eigenvalue weighted by Gasteiger charge is 2.51. The summed E-state index contributed by atoms with van der Waals surface area (Å²) in [5.41, 5.74) is -0.418. The van der Waals surface area contributed by atoms with Crippen molar-refractivity contribution in [2.45, 2.75) is 61.4 Å². The summed E-state index contributed by atoms with van der Waals surface area (Å²) < 4.78 is 21.4. The smallest absolute Gasteiger partial charge is 0.311 e. The minimum absolute atomic E-state index is 0.251. The van der Waals surface area contributed by atoms with E-state index >= 15 is 0 Å². The molecule has 0 unspecified atom stereocenters. The van der Waals surface area contributed by atoms with Crippen LogP contribution in [0.2, 0.25) is 0 Å². The van der Waals surface area contributed by atoms with E-state index < -0.39 is 85.2 Å². The van der Waals surface area contributed by atoms with Crippen LogP contribution in [-0.4, -0.2) is 115 Å². The monoisotopic (exact) mass is 463 g/mol. The van der Waals surface area contributed by atoms with Gasteiger partial charge >= 0.3 is 5.69 Å². The van der Waals surface area contributed by atoms with E-state index in [-0.39, 0.29) is 5.75 Å². The molecule has 14 heteroatoms. The molecule has 32 heavy (non-hydrogen) atoms. The molecule has 0 amide bonds. The molecule has 10 atom stereocenters. The van der Waals surface area contributed by atoms with Crippen LogP contribution in [-0.2, 0) is 14.2 Å². The fraction of sp³-hybridized carbons (Fsp3) is 0.667. The van der Waals surface area contributed by atoms with E-state index in [0.29, 0.717) is 0 Å². The zero-order valence-electron chi connectivity index (χ0n) is 16.5. The summed E-state index contributed by atoms with van der Waals surface area (Å²) in [6.07, 6.45) is -16.2. The Hall–Kier alpha value is -1.98. The van der Waals surface area contributed by atoms with E-state index in [9.17, 15) is 45.9 Å². The molecular formula is C18H25NO13. The van der Waals surface area contributed by atoms with Gasteiger partial charge in [0.05, 0.1) is 18.1 Å². The van der Waals surface area contributed by atoms with Gasteiger partial charge in [-0.05, 0) is 6.07 Å². The first-order valence-electron chi connectivity index (χ1n) is 9.68. The van der Waals surface area contributed by atoms with Crippen LogP contribution in [0.25, 0.3) is 0 Å². The number of ether oxygens (including phenoxy) is 4. The lowest BCUT2D eigenvalue weighted by Gasteiger charge is -2.45. The summed E-state index contributed by atoms with van der Waals surface area (Å²) >= 11 is 0. The predicted molar refractivity (Wildman–Crippen MR) is 100 cm³/mol. The molecule has 0 saturated carbocycles. The number of benzene rings is 1. The topological polar surface area (TPSA) is 222 Å². The number of nitro benzene ring substituents is 1. The highest BCUT2D eigenvalue weighted by Crippen LogP contribution is 2.33. The molecule has 0 spiro atoms. The SMILES string of the molecule is O=[N+]([O-])c1ccccc1O[C@@H]1O[C@H](CO)[C@@H](O[C@@H]2O[C@H](CO)[C@@H](O)[C@H](O)[C@H]2O)[C@H](O)[C@H]1O. The van der Waals surface area contributed by atoms with Crippen molar-refractivity contribution in [3.05, 3.63) is 34.4 Å². The molecule has 0 radical (unpaired) electrons. The van der Waals surface area contributed by atoms with Gasteiger partial charge in [0.25, 0.3) is 0 Å². The Morgan fingerprint density at radius 1 is 0.844 bits per heavy atom. The summed E-state index contributed by atoms with van der Waals surface area (Å²) in [6, 6.07) is 5.27. The lowest BCUT2D eigenvalue weighted by molar-refractivity contribution is -0.387. The van der Waals surface area contributed by atoms with Crippen LogP contribution < -0.4 is 4.74 Å². The van der Waals surface area contributed by atoms with E-state index in [1.807, 2.05) is 0 Å². The Balaban J connectivity index is 1.75. The van der Waals surface area contributed by atoms with E-state index in [1.165, 1.54) is 18.2 Å². The second-order valence-electron chi connectivity index (χ2n) is 7.35. The summed E-state index contributed by atoms with van der Waals surface area (Å²) in [5.74, 6) is -0.251. The molecule has 0 aromatic heterocycles. The molecule has 7 N–H and O–H groups in total. The second kappa shape index (κ2) is 10.3. The van der Waals surface area contributed by atoms with Crippen LogP contribution in [0.5, 0.6) is 5.75 Å². The third-order valence-electron chi connectivity index (χ3n) is 5.27. The van der Waals surface area contributed by atoms with E-state index in [4.69, 9.17) is 18.9 Å². The molecule has 1 aromatic carbocycles. The Bertz CT molecular complexity index is 777. The van der Waals surface area contributed by atoms with Gasteiger partial charge in [0.2, 0.25) is 6.29 Å². The first-order valence-corrected chi connectivity index (χ1v) is 9.68. The highest BCUT2D eigenvalue weighted by atomic mass is 16.7. The largest absolute Gasteiger partial charge is 0.455 e. The average Bonchev–Trinajstić information content (AvgIpc) is 2.78. The third-order valence-corrected chi connectivity index (χ3v) is 5.27. The van der Waals surface area contributed by atoms with E-state index in [2.05, 4.69) is 0 Å². The van der Waals surface area contributed by atoms with Gasteiger partial charge in [-0.25, -0.2) is 0 Å². The second-order valence-corrected chi connectivity index (χ2v) is 7.35. The van der Waals surface area contributed by atoms with Gasteiger partial charge in [-0.2, -0.15) is 0 Å². The van der Waals surface area contributed by atoms with Crippen LogP contribution in [0.1, 0.15) is 0 Å². The van der Waals surface area contributed by atoms with Gasteiger partial charge in [0.15, 0.2) is 12.0 Å². The number of para-hydroxylation sites is 2. The number of rotatable bonds is 7. The molecule has 180 valence electrons. The number of hydrogen-bond donors (Lipinski definition) is 7. The average molecular weight is 463 g/mol. The fourth-order valence-corrected chi connectivity index (χ4v) is 3.49. The number of nitro groups is 1. The van der Waals surface area contributed by atoms with Gasteiger partial charge < -0.3 is 54.7 Å². The lowest BCUT2D eigenvalue weighted by Crippen LogP contribution is -2.65. The quantitative estimate of drug-likeness (QED) is 0.155. The number of aliphatic hydroxyl groups is 7. The van der Waals surface area contributed by atoms with Gasteiger partial charge in [0.1, 0.15) is 48.8 Å². The van der Waals surface area contributed by atoms with Crippen LogP contribution >= 0.6 is 0 Å². The zero-order chi connectivity index (χ0) is 23.6. The van der Waals surface area contributed by atoms with Gasteiger partial charge in [0, 0.05) is 6.07 Å². The van der Waals surface area contributed by atoms with E-state index in [0.717, 1.165) is 6.07 Å². The first-order chi connectivity index (χ1) is 15.2. The maximum Gasteiger partial charge on any atom is 0.311 e. The third kappa shape index (κ3) is 4.84. The summed E-state index contributed by atoms with van der Waals surface area (Å²) in [6.45, 7) is -1.48. The number of nitrogens with zero attached hydrogens (tertiary/aromatic N) is 1. The highest BCUT2D eigenvalue weighted by molar-refractivity contribution is 5.45. The van der Waals surface area contributed by atoms with Gasteiger partial charge in [-0.3, -0.25) is 10.1 Å². The Morgan fingerprint density at radius 3 is 2.06 bits per heavy atom. The maximum atomic E-state index is 11.2. The summed E-state index contributed by atoms with van der Waals surface area (Å²) in [4.78, 5) is 10.4. The van der Waals surface area contributed by atoms with Crippen molar-refractivity contribution in [3.63, 3.8) is 0 Å². The normalized spacial score (nSPS) is 40.1. The number of aliphatic hydroxyl groups excluding tert-OH is 7. The zero-order valence-corrected chi connectivity index (χ0v) is 16.5. The Kier molecular flexibility index (Phi) is 7.94. The molecule has 2 heterocycles. The summed E-state index contributed by atoms with van der Waals surface area (Å²) in [7, 11) is 0. The van der Waals surface area contributed by atoms with Crippen LogP contribution in [0.15, 0.2) is 24.3 Å². The molecular weight excluding hydrogens is 438 g/mol. The van der Waals surface area contributed by atoms with Crippen LogP contribution in [0.4, 0.5) is 5.69 Å². The fourth-order valence-electron chi connectivity index (χ4n) is 3.49. The molecule has 2 aliphatic rings. The minimum atomic E-state index is -1.81. The predicted octanol–water partition coefficient (Wildman–Crippen LogP) is -3.40. The van der Waals surface area contributed by atoms with Gasteiger partial charge in [-0.15, -0.1) is 0 Å². The molecule has 0 aliphatic carbocycles. The molecule has 2 fully saturated rings. The molecule has 0 bridgehead atoms. The Labute approximate surface area is 180 Å². The van der Waals surface area contributed by atoms with Crippen molar-refractivity contribution in [2.75, 3.05) is 13.2 Å². The van der Waals surface area contributed by atoms with Crippen LogP contribution in [0, 0.1) is 10.1 Å². The lowest BCUT2D eigenvalue weighted by atomic mass is 9.97.